The molecule has 4 N–H and O–H groups in total. The fourth-order valence-corrected chi connectivity index (χ4v) is 2.51. The molecule has 0 saturated carbocycles. The van der Waals surface area contributed by atoms with Gasteiger partial charge >= 0.3 is 11.9 Å². The van der Waals surface area contributed by atoms with E-state index in [9.17, 15) is 20.3 Å². The topological polar surface area (TPSA) is 165 Å². The van der Waals surface area contributed by atoms with Crippen LogP contribution in [0.4, 0.5) is 10.6 Å². The first-order valence-corrected chi connectivity index (χ1v) is 6.74. The molecule has 0 amide bonds. The van der Waals surface area contributed by atoms with E-state index in [0.717, 1.165) is 7.11 Å². The Morgan fingerprint density at radius 3 is 2.96 bits per heavy atom. The Hall–Kier alpha value is -2.94. The zero-order valence-corrected chi connectivity index (χ0v) is 12.4. The van der Waals surface area contributed by atoms with Crippen LogP contribution in [0.15, 0.2) is 18.5 Å². The second-order valence-corrected chi connectivity index (χ2v) is 5.01. The number of nitrogen functional groups attached to an aromatic ring is 1. The number of carbonyl (C=O) groups is 1. The van der Waals surface area contributed by atoms with E-state index < -0.39 is 30.3 Å². The van der Waals surface area contributed by atoms with E-state index in [1.165, 1.54) is 16.9 Å². The number of nitriles is 1. The van der Waals surface area contributed by atoms with Gasteiger partial charge in [-0.2, -0.15) is 10.4 Å². The molecule has 0 aromatic carbocycles. The predicted octanol–water partition coefficient (Wildman–Crippen LogP) is -0.893. The number of carbonyl (C=O) groups excluding carboxylic acids is 1. The number of ether oxygens (including phenoxy) is 3. The minimum Gasteiger partial charge on any atom is -0.438 e. The maximum absolute atomic E-state index is 11.3. The molecule has 4 atom stereocenters. The molecule has 2 aromatic heterocycles. The van der Waals surface area contributed by atoms with Crippen molar-refractivity contribution in [2.75, 3.05) is 12.8 Å². The summed E-state index contributed by atoms with van der Waals surface area (Å²) in [5, 5.41) is 33.7. The standard InChI is InChI=1S/C13H13N5O6/c1-22-12(21)24-13(4-14)10(20)8(19)9(23-13)6-2-3-7-11(15)16-5-17-18(6)7/h2-3,5,8-10,19-20H,1H3,(H2,15,16,17)/t8-,9-,10-,13+/m0/s1. The van der Waals surface area contributed by atoms with Crippen LogP contribution in [0, 0.1) is 11.3 Å². The summed E-state index contributed by atoms with van der Waals surface area (Å²) in [6.07, 6.45) is -4.64. The van der Waals surface area contributed by atoms with Gasteiger partial charge in [0.25, 0.3) is 0 Å². The first kappa shape index (κ1) is 15.9. The lowest BCUT2D eigenvalue weighted by Gasteiger charge is -2.22. The van der Waals surface area contributed by atoms with Gasteiger partial charge in [-0.1, -0.05) is 0 Å². The number of fused-ring (bicyclic) bond motifs is 1. The molecule has 1 fully saturated rings. The number of anilines is 1. The summed E-state index contributed by atoms with van der Waals surface area (Å²) in [6.45, 7) is 0. The molecule has 24 heavy (non-hydrogen) atoms. The molecule has 0 aliphatic carbocycles. The summed E-state index contributed by atoms with van der Waals surface area (Å²) in [4.78, 5) is 15.2. The first-order valence-electron chi connectivity index (χ1n) is 6.74. The molecule has 1 saturated heterocycles. The first-order chi connectivity index (χ1) is 11.4. The van der Waals surface area contributed by atoms with Crippen LogP contribution in [0.3, 0.4) is 0 Å². The van der Waals surface area contributed by atoms with E-state index in [2.05, 4.69) is 14.8 Å². The fourth-order valence-electron chi connectivity index (χ4n) is 2.51. The van der Waals surface area contributed by atoms with Crippen molar-refractivity contribution in [3.05, 3.63) is 24.2 Å². The minimum atomic E-state index is -2.42. The summed E-state index contributed by atoms with van der Waals surface area (Å²) < 4.78 is 15.8. The number of hydrogen-bond donors (Lipinski definition) is 3. The second kappa shape index (κ2) is 5.60. The Morgan fingerprint density at radius 1 is 1.54 bits per heavy atom. The van der Waals surface area contributed by atoms with Gasteiger partial charge in [0.2, 0.25) is 0 Å². The third-order valence-electron chi connectivity index (χ3n) is 3.69. The van der Waals surface area contributed by atoms with Gasteiger partial charge in [-0.3, -0.25) is 0 Å². The molecule has 0 spiro atoms. The fraction of sp³-hybridized carbons (Fsp3) is 0.385. The van der Waals surface area contributed by atoms with Gasteiger partial charge in [0.15, 0.2) is 11.9 Å². The van der Waals surface area contributed by atoms with Crippen LogP contribution in [-0.4, -0.2) is 56.1 Å². The van der Waals surface area contributed by atoms with Crippen LogP contribution in [0.25, 0.3) is 5.52 Å². The van der Waals surface area contributed by atoms with Crippen molar-refractivity contribution < 1.29 is 29.2 Å². The zero-order valence-electron chi connectivity index (χ0n) is 12.4. The minimum absolute atomic E-state index is 0.196. The van der Waals surface area contributed by atoms with Gasteiger partial charge in [0.1, 0.15) is 30.1 Å². The summed E-state index contributed by atoms with van der Waals surface area (Å²) in [5.74, 6) is -2.22. The highest BCUT2D eigenvalue weighted by Crippen LogP contribution is 2.41. The van der Waals surface area contributed by atoms with Crippen molar-refractivity contribution in [1.29, 1.82) is 5.26 Å². The summed E-state index contributed by atoms with van der Waals surface area (Å²) in [5.41, 5.74) is 6.46. The Balaban J connectivity index is 2.02. The van der Waals surface area contributed by atoms with Crippen molar-refractivity contribution in [3.8, 4) is 6.07 Å². The second-order valence-electron chi connectivity index (χ2n) is 5.01. The predicted molar refractivity (Wildman–Crippen MR) is 75.1 cm³/mol. The highest BCUT2D eigenvalue weighted by Gasteiger charge is 2.59. The maximum atomic E-state index is 11.3. The van der Waals surface area contributed by atoms with E-state index in [1.54, 1.807) is 12.1 Å². The SMILES string of the molecule is COC(=O)O[C@@]1(C#N)O[C@@H](c2ccc3c(N)ncnn23)[C@H](O)[C@@H]1O. The van der Waals surface area contributed by atoms with Gasteiger partial charge < -0.3 is 30.2 Å². The van der Waals surface area contributed by atoms with E-state index in [1.807, 2.05) is 0 Å². The summed E-state index contributed by atoms with van der Waals surface area (Å²) in [7, 11) is 1.03. The molecular weight excluding hydrogens is 322 g/mol. The Bertz CT molecular complexity index is 832. The zero-order chi connectivity index (χ0) is 17.5. The molecular formula is C13H13N5O6. The third-order valence-corrected chi connectivity index (χ3v) is 3.69. The van der Waals surface area contributed by atoms with Gasteiger partial charge in [0, 0.05) is 0 Å². The molecule has 0 bridgehead atoms. The average molecular weight is 335 g/mol. The lowest BCUT2D eigenvalue weighted by molar-refractivity contribution is -0.197. The number of nitrogens with zero attached hydrogens (tertiary/aromatic N) is 4. The largest absolute Gasteiger partial charge is 0.511 e. The van der Waals surface area contributed by atoms with Crippen LogP contribution in [0.5, 0.6) is 0 Å². The highest BCUT2D eigenvalue weighted by molar-refractivity contribution is 5.65. The summed E-state index contributed by atoms with van der Waals surface area (Å²) in [6, 6.07) is 4.67. The molecule has 11 nitrogen and oxygen atoms in total. The Kier molecular flexibility index (Phi) is 3.72. The monoisotopic (exact) mass is 335 g/mol. The quantitative estimate of drug-likeness (QED) is 0.586. The Morgan fingerprint density at radius 2 is 2.29 bits per heavy atom. The molecule has 1 aliphatic rings. The van der Waals surface area contributed by atoms with E-state index in [-0.39, 0.29) is 11.5 Å². The molecule has 1 aliphatic heterocycles. The maximum Gasteiger partial charge on any atom is 0.511 e. The van der Waals surface area contributed by atoms with Gasteiger partial charge in [-0.05, 0) is 12.1 Å². The van der Waals surface area contributed by atoms with Crippen LogP contribution in [0.2, 0.25) is 0 Å². The van der Waals surface area contributed by atoms with Crippen molar-refractivity contribution in [1.82, 2.24) is 14.6 Å². The number of methoxy groups -OCH3 is 1. The van der Waals surface area contributed by atoms with Crippen molar-refractivity contribution in [2.45, 2.75) is 24.1 Å². The van der Waals surface area contributed by atoms with Crippen LogP contribution < -0.4 is 5.73 Å². The van der Waals surface area contributed by atoms with Crippen molar-refractivity contribution >= 4 is 17.5 Å². The van der Waals surface area contributed by atoms with E-state index in [0.29, 0.717) is 5.52 Å². The van der Waals surface area contributed by atoms with E-state index in [4.69, 9.17) is 15.2 Å². The van der Waals surface area contributed by atoms with E-state index >= 15 is 0 Å². The number of aliphatic hydroxyl groups excluding tert-OH is 2. The Labute approximate surface area is 134 Å². The lowest BCUT2D eigenvalue weighted by Crippen LogP contribution is -2.45. The van der Waals surface area contributed by atoms with Gasteiger partial charge in [-0.15, -0.1) is 0 Å². The highest BCUT2D eigenvalue weighted by atomic mass is 16.8. The van der Waals surface area contributed by atoms with Crippen molar-refractivity contribution in [3.63, 3.8) is 0 Å². The molecule has 0 radical (unpaired) electrons. The van der Waals surface area contributed by atoms with Gasteiger partial charge in [0.05, 0.1) is 12.8 Å². The van der Waals surface area contributed by atoms with Crippen LogP contribution in [0.1, 0.15) is 11.8 Å². The number of aliphatic hydroxyl groups is 2. The number of aromatic nitrogens is 3. The average Bonchev–Trinajstić information content (AvgIpc) is 3.11. The normalized spacial score (nSPS) is 29.3. The van der Waals surface area contributed by atoms with Crippen molar-refractivity contribution in [2.24, 2.45) is 0 Å². The summed E-state index contributed by atoms with van der Waals surface area (Å²) >= 11 is 0. The van der Waals surface area contributed by atoms with Crippen LogP contribution >= 0.6 is 0 Å². The van der Waals surface area contributed by atoms with Gasteiger partial charge in [-0.25, -0.2) is 14.3 Å². The van der Waals surface area contributed by atoms with Crippen LogP contribution in [-0.2, 0) is 14.2 Å². The molecule has 3 heterocycles. The lowest BCUT2D eigenvalue weighted by atomic mass is 10.0. The number of rotatable bonds is 2. The molecule has 3 rings (SSSR count). The third kappa shape index (κ3) is 2.21. The number of nitrogens with two attached hydrogens (primary N) is 1. The molecule has 126 valence electrons. The number of hydrogen-bond acceptors (Lipinski definition) is 10. The smallest absolute Gasteiger partial charge is 0.438 e. The molecule has 2 aromatic rings. The molecule has 0 unspecified atom stereocenters. The molecule has 11 heteroatoms.